The van der Waals surface area contributed by atoms with Crippen LogP contribution in [0.3, 0.4) is 0 Å². The molecule has 1 heterocycles. The molecule has 0 unspecified atom stereocenters. The van der Waals surface area contributed by atoms with Crippen molar-refractivity contribution in [2.45, 2.75) is 12.3 Å². The van der Waals surface area contributed by atoms with Crippen molar-refractivity contribution in [3.63, 3.8) is 0 Å². The summed E-state index contributed by atoms with van der Waals surface area (Å²) in [5.41, 5.74) is 2.89. The zero-order chi connectivity index (χ0) is 18.3. The average Bonchev–Trinajstić information content (AvgIpc) is 2.67. The summed E-state index contributed by atoms with van der Waals surface area (Å²) in [4.78, 5) is 12.5. The molecule has 132 valence electrons. The van der Waals surface area contributed by atoms with Crippen molar-refractivity contribution >= 4 is 38.3 Å². The SMILES string of the molecule is COc1cccc([C@@H]2CC(=O)Nc3c2cc(Br)c2ccccc32)c1OC. The van der Waals surface area contributed by atoms with Gasteiger partial charge in [-0.15, -0.1) is 0 Å². The zero-order valence-corrected chi connectivity index (χ0v) is 16.1. The van der Waals surface area contributed by atoms with Gasteiger partial charge in [-0.05, 0) is 23.1 Å². The van der Waals surface area contributed by atoms with Crippen LogP contribution in [-0.2, 0) is 4.79 Å². The topological polar surface area (TPSA) is 47.6 Å². The molecule has 0 aromatic heterocycles. The third kappa shape index (κ3) is 2.63. The van der Waals surface area contributed by atoms with E-state index >= 15 is 0 Å². The maximum Gasteiger partial charge on any atom is 0.225 e. The van der Waals surface area contributed by atoms with Gasteiger partial charge in [-0.3, -0.25) is 4.79 Å². The van der Waals surface area contributed by atoms with Crippen LogP contribution in [0.15, 0.2) is 53.0 Å². The van der Waals surface area contributed by atoms with Crippen LogP contribution in [0.4, 0.5) is 5.69 Å². The lowest BCUT2D eigenvalue weighted by Crippen LogP contribution is -2.24. The molecule has 1 aliphatic rings. The fraction of sp³-hybridized carbons (Fsp3) is 0.190. The Morgan fingerprint density at radius 1 is 1.00 bits per heavy atom. The molecule has 3 aromatic carbocycles. The summed E-state index contributed by atoms with van der Waals surface area (Å²) in [7, 11) is 3.24. The molecule has 0 bridgehead atoms. The number of ether oxygens (including phenoxy) is 2. The molecule has 3 aromatic rings. The van der Waals surface area contributed by atoms with E-state index in [0.29, 0.717) is 17.9 Å². The number of anilines is 1. The summed E-state index contributed by atoms with van der Waals surface area (Å²) >= 11 is 3.69. The average molecular weight is 412 g/mol. The summed E-state index contributed by atoms with van der Waals surface area (Å²) < 4.78 is 12.1. The lowest BCUT2D eigenvalue weighted by molar-refractivity contribution is -0.116. The number of carbonyl (C=O) groups is 1. The Bertz CT molecular complexity index is 1020. The highest BCUT2D eigenvalue weighted by Gasteiger charge is 2.31. The highest BCUT2D eigenvalue weighted by molar-refractivity contribution is 9.10. The van der Waals surface area contributed by atoms with Gasteiger partial charge in [-0.1, -0.05) is 52.3 Å². The minimum atomic E-state index is -0.107. The smallest absolute Gasteiger partial charge is 0.225 e. The van der Waals surface area contributed by atoms with Crippen molar-refractivity contribution in [1.29, 1.82) is 0 Å². The predicted octanol–water partition coefficient (Wildman–Crippen LogP) is 5.09. The van der Waals surface area contributed by atoms with E-state index in [2.05, 4.69) is 27.3 Å². The molecule has 26 heavy (non-hydrogen) atoms. The monoisotopic (exact) mass is 411 g/mol. The lowest BCUT2D eigenvalue weighted by atomic mass is 9.82. The molecule has 4 nitrogen and oxygen atoms in total. The minimum Gasteiger partial charge on any atom is -0.493 e. The normalized spacial score (nSPS) is 16.1. The molecule has 1 N–H and O–H groups in total. The maximum absolute atomic E-state index is 12.5. The van der Waals surface area contributed by atoms with Gasteiger partial charge in [0.2, 0.25) is 5.91 Å². The van der Waals surface area contributed by atoms with Crippen molar-refractivity contribution in [3.05, 3.63) is 64.1 Å². The van der Waals surface area contributed by atoms with Gasteiger partial charge in [-0.25, -0.2) is 0 Å². The second-order valence-corrected chi connectivity index (χ2v) is 7.11. The molecule has 4 rings (SSSR count). The largest absolute Gasteiger partial charge is 0.493 e. The Kier molecular flexibility index (Phi) is 4.32. The second-order valence-electron chi connectivity index (χ2n) is 6.26. The third-order valence-electron chi connectivity index (χ3n) is 4.86. The van der Waals surface area contributed by atoms with Crippen LogP contribution in [-0.4, -0.2) is 20.1 Å². The van der Waals surface area contributed by atoms with Crippen LogP contribution in [0.1, 0.15) is 23.5 Å². The number of nitrogens with one attached hydrogen (secondary N) is 1. The van der Waals surface area contributed by atoms with Gasteiger partial charge in [0.1, 0.15) is 0 Å². The molecule has 0 radical (unpaired) electrons. The van der Waals surface area contributed by atoms with E-state index < -0.39 is 0 Å². The summed E-state index contributed by atoms with van der Waals surface area (Å²) in [5, 5.41) is 5.16. The quantitative estimate of drug-likeness (QED) is 0.652. The first-order valence-corrected chi connectivity index (χ1v) is 9.15. The van der Waals surface area contributed by atoms with Crippen molar-refractivity contribution in [1.82, 2.24) is 0 Å². The molecule has 5 heteroatoms. The molecule has 1 atom stereocenters. The highest BCUT2D eigenvalue weighted by atomic mass is 79.9. The van der Waals surface area contributed by atoms with Crippen LogP contribution >= 0.6 is 15.9 Å². The Morgan fingerprint density at radius 2 is 1.77 bits per heavy atom. The number of amides is 1. The van der Waals surface area contributed by atoms with Crippen molar-refractivity contribution in [2.24, 2.45) is 0 Å². The summed E-state index contributed by atoms with van der Waals surface area (Å²) in [6.07, 6.45) is 0.362. The predicted molar refractivity (Wildman–Crippen MR) is 106 cm³/mol. The number of rotatable bonds is 3. The van der Waals surface area contributed by atoms with E-state index in [9.17, 15) is 4.79 Å². The van der Waals surface area contributed by atoms with Crippen LogP contribution in [0.2, 0.25) is 0 Å². The van der Waals surface area contributed by atoms with Crippen LogP contribution in [0.25, 0.3) is 10.8 Å². The van der Waals surface area contributed by atoms with Gasteiger partial charge in [0.05, 0.1) is 19.9 Å². The van der Waals surface area contributed by atoms with Crippen LogP contribution < -0.4 is 14.8 Å². The van der Waals surface area contributed by atoms with Crippen molar-refractivity contribution < 1.29 is 14.3 Å². The van der Waals surface area contributed by atoms with Crippen LogP contribution in [0, 0.1) is 0 Å². The molecule has 0 saturated carbocycles. The molecule has 0 fully saturated rings. The van der Waals surface area contributed by atoms with Gasteiger partial charge in [0.25, 0.3) is 0 Å². The van der Waals surface area contributed by atoms with Gasteiger partial charge < -0.3 is 14.8 Å². The first kappa shape index (κ1) is 16.9. The van der Waals surface area contributed by atoms with E-state index in [1.165, 1.54) is 0 Å². The fourth-order valence-corrected chi connectivity index (χ4v) is 4.31. The summed E-state index contributed by atoms with van der Waals surface area (Å²) in [5.74, 6) is 1.23. The van der Waals surface area contributed by atoms with Gasteiger partial charge in [-0.2, -0.15) is 0 Å². The second kappa shape index (κ2) is 6.65. The Balaban J connectivity index is 1.99. The van der Waals surface area contributed by atoms with E-state index in [0.717, 1.165) is 32.1 Å². The third-order valence-corrected chi connectivity index (χ3v) is 5.52. The Morgan fingerprint density at radius 3 is 2.50 bits per heavy atom. The molecule has 0 spiro atoms. The number of hydrogen-bond donors (Lipinski definition) is 1. The van der Waals surface area contributed by atoms with Crippen LogP contribution in [0.5, 0.6) is 11.5 Å². The number of hydrogen-bond acceptors (Lipinski definition) is 3. The molecular weight excluding hydrogens is 394 g/mol. The maximum atomic E-state index is 12.5. The number of fused-ring (bicyclic) bond motifs is 3. The number of benzene rings is 3. The lowest BCUT2D eigenvalue weighted by Gasteiger charge is -2.29. The molecule has 1 aliphatic heterocycles. The molecule has 0 aliphatic carbocycles. The fourth-order valence-electron chi connectivity index (χ4n) is 3.72. The van der Waals surface area contributed by atoms with E-state index in [-0.39, 0.29) is 11.8 Å². The van der Waals surface area contributed by atoms with Gasteiger partial charge >= 0.3 is 0 Å². The first-order chi connectivity index (χ1) is 12.6. The Hall–Kier alpha value is -2.53. The first-order valence-electron chi connectivity index (χ1n) is 8.36. The number of methoxy groups -OCH3 is 2. The van der Waals surface area contributed by atoms with E-state index in [1.54, 1.807) is 14.2 Å². The van der Waals surface area contributed by atoms with E-state index in [4.69, 9.17) is 9.47 Å². The summed E-state index contributed by atoms with van der Waals surface area (Å²) in [6, 6.07) is 15.9. The van der Waals surface area contributed by atoms with Crippen molar-refractivity contribution in [2.75, 3.05) is 19.5 Å². The number of halogens is 1. The molecule has 1 amide bonds. The van der Waals surface area contributed by atoms with Crippen molar-refractivity contribution in [3.8, 4) is 11.5 Å². The summed E-state index contributed by atoms with van der Waals surface area (Å²) in [6.45, 7) is 0. The highest BCUT2D eigenvalue weighted by Crippen LogP contribution is 2.47. The number of carbonyl (C=O) groups excluding carboxylic acids is 1. The number of para-hydroxylation sites is 1. The minimum absolute atomic E-state index is 0.000140. The Labute approximate surface area is 160 Å². The van der Waals surface area contributed by atoms with Gasteiger partial charge in [0, 0.05) is 27.8 Å². The van der Waals surface area contributed by atoms with Gasteiger partial charge in [0.15, 0.2) is 11.5 Å². The molecule has 0 saturated heterocycles. The zero-order valence-electron chi connectivity index (χ0n) is 14.5. The molecular formula is C21H18BrNO3. The standard InChI is InChI=1S/C21H18BrNO3/c1-25-18-9-5-8-14(21(18)26-2)15-11-19(24)23-20-13-7-4-3-6-12(13)17(22)10-16(15)20/h3-10,15H,11H2,1-2H3,(H,23,24)/t15-/m0/s1. The van der Waals surface area contributed by atoms with E-state index in [1.807, 2.05) is 42.5 Å².